The Labute approximate surface area is 147 Å². The van der Waals surface area contributed by atoms with Gasteiger partial charge in [-0.15, -0.1) is 0 Å². The minimum atomic E-state index is -0.764. The Morgan fingerprint density at radius 2 is 2.04 bits per heavy atom. The first-order valence-electron chi connectivity index (χ1n) is 8.06. The van der Waals surface area contributed by atoms with Crippen molar-refractivity contribution in [1.82, 2.24) is 0 Å². The summed E-state index contributed by atoms with van der Waals surface area (Å²) in [6, 6.07) is 4.76. The summed E-state index contributed by atoms with van der Waals surface area (Å²) >= 11 is 0. The molecular formula is C20H24O5. The maximum atomic E-state index is 11.7. The van der Waals surface area contributed by atoms with Gasteiger partial charge in [0.15, 0.2) is 0 Å². The minimum absolute atomic E-state index is 0.232. The number of methoxy groups -OCH3 is 1. The zero-order valence-corrected chi connectivity index (χ0v) is 15.1. The van der Waals surface area contributed by atoms with Crippen molar-refractivity contribution in [3.05, 3.63) is 58.0 Å². The molecule has 0 fully saturated rings. The Bertz CT molecular complexity index is 856. The fourth-order valence-corrected chi connectivity index (χ4v) is 2.39. The number of allylic oxidation sites excluding steroid dienone is 1. The molecule has 5 nitrogen and oxygen atoms in total. The summed E-state index contributed by atoms with van der Waals surface area (Å²) in [7, 11) is 1.53. The van der Waals surface area contributed by atoms with E-state index in [9.17, 15) is 9.90 Å². The number of benzene rings is 1. The molecule has 0 aliphatic rings. The van der Waals surface area contributed by atoms with Crippen molar-refractivity contribution in [2.45, 2.75) is 33.3 Å². The zero-order chi connectivity index (χ0) is 18.6. The average molecular weight is 344 g/mol. The number of ether oxygens (including phenoxy) is 2. The number of aliphatic hydroxyl groups excluding tert-OH is 1. The number of fused-ring (bicyclic) bond motifs is 1. The molecule has 1 atom stereocenters. The lowest BCUT2D eigenvalue weighted by molar-refractivity contribution is 0.210. The van der Waals surface area contributed by atoms with Crippen LogP contribution in [-0.2, 0) is 6.42 Å². The third kappa shape index (κ3) is 4.51. The van der Waals surface area contributed by atoms with Crippen LogP contribution >= 0.6 is 0 Å². The topological polar surface area (TPSA) is 68.9 Å². The molecule has 0 saturated heterocycles. The molecule has 2 rings (SSSR count). The van der Waals surface area contributed by atoms with Gasteiger partial charge in [0.05, 0.1) is 18.6 Å². The van der Waals surface area contributed by atoms with E-state index in [2.05, 4.69) is 6.58 Å². The second kappa shape index (κ2) is 8.03. The van der Waals surface area contributed by atoms with E-state index >= 15 is 0 Å². The lowest BCUT2D eigenvalue weighted by atomic mass is 10.00. The molecule has 0 amide bonds. The molecule has 0 bridgehead atoms. The van der Waals surface area contributed by atoms with Gasteiger partial charge in [0.25, 0.3) is 0 Å². The van der Waals surface area contributed by atoms with Gasteiger partial charge in [-0.2, -0.15) is 0 Å². The summed E-state index contributed by atoms with van der Waals surface area (Å²) in [5, 5.41) is 10.8. The van der Waals surface area contributed by atoms with Crippen LogP contribution in [0.2, 0.25) is 0 Å². The summed E-state index contributed by atoms with van der Waals surface area (Å²) in [5.74, 6) is 1.05. The van der Waals surface area contributed by atoms with Crippen LogP contribution in [0.4, 0.5) is 0 Å². The molecule has 1 aromatic heterocycles. The largest absolute Gasteiger partial charge is 0.496 e. The summed E-state index contributed by atoms with van der Waals surface area (Å²) in [6.45, 7) is 9.88. The normalized spacial score (nSPS) is 11.9. The van der Waals surface area contributed by atoms with Gasteiger partial charge in [0.2, 0.25) is 0 Å². The van der Waals surface area contributed by atoms with Crippen LogP contribution in [0, 0.1) is 0 Å². The predicted molar refractivity (Wildman–Crippen MR) is 98.5 cm³/mol. The molecule has 134 valence electrons. The van der Waals surface area contributed by atoms with E-state index in [1.54, 1.807) is 19.1 Å². The van der Waals surface area contributed by atoms with Crippen molar-refractivity contribution in [3.8, 4) is 11.5 Å². The molecule has 5 heteroatoms. The van der Waals surface area contributed by atoms with Gasteiger partial charge in [0, 0.05) is 24.1 Å². The van der Waals surface area contributed by atoms with Crippen LogP contribution in [0.3, 0.4) is 0 Å². The molecule has 0 aliphatic heterocycles. The number of aliphatic hydroxyl groups is 1. The van der Waals surface area contributed by atoms with Gasteiger partial charge in [-0.3, -0.25) is 0 Å². The van der Waals surface area contributed by atoms with Gasteiger partial charge in [-0.05, 0) is 32.9 Å². The molecule has 2 aromatic rings. The van der Waals surface area contributed by atoms with Crippen molar-refractivity contribution in [2.75, 3.05) is 13.7 Å². The standard InChI is InChI=1S/C20H24O5/c1-12(2)8-9-24-18-11-17(23-5)15(10-16(21)13(3)4)20-14(18)6-7-19(22)25-20/h6-8,11,16,21H,3,9-10H2,1-2,4-5H3/t16-/m1/s1. The molecule has 1 aromatic carbocycles. The van der Waals surface area contributed by atoms with Crippen LogP contribution in [0.5, 0.6) is 11.5 Å². The predicted octanol–water partition coefficient (Wildman–Crippen LogP) is 3.63. The maximum absolute atomic E-state index is 11.7. The highest BCUT2D eigenvalue weighted by molar-refractivity contribution is 5.88. The highest BCUT2D eigenvalue weighted by atomic mass is 16.5. The van der Waals surface area contributed by atoms with E-state index in [-0.39, 0.29) is 6.42 Å². The van der Waals surface area contributed by atoms with Gasteiger partial charge in [-0.25, -0.2) is 4.79 Å². The summed E-state index contributed by atoms with van der Waals surface area (Å²) < 4.78 is 16.7. The van der Waals surface area contributed by atoms with Crippen LogP contribution in [-0.4, -0.2) is 24.9 Å². The van der Waals surface area contributed by atoms with Crippen molar-refractivity contribution in [2.24, 2.45) is 0 Å². The van der Waals surface area contributed by atoms with Crippen LogP contribution < -0.4 is 15.1 Å². The summed E-state index contributed by atoms with van der Waals surface area (Å²) in [4.78, 5) is 11.7. The van der Waals surface area contributed by atoms with Gasteiger partial charge < -0.3 is 19.0 Å². The van der Waals surface area contributed by atoms with E-state index in [1.807, 2.05) is 19.9 Å². The van der Waals surface area contributed by atoms with Gasteiger partial charge in [-0.1, -0.05) is 17.7 Å². The molecule has 0 spiro atoms. The molecule has 0 aliphatic carbocycles. The van der Waals surface area contributed by atoms with E-state index < -0.39 is 11.7 Å². The van der Waals surface area contributed by atoms with E-state index in [0.29, 0.717) is 40.2 Å². The van der Waals surface area contributed by atoms with Crippen molar-refractivity contribution < 1.29 is 19.0 Å². The lowest BCUT2D eigenvalue weighted by Crippen LogP contribution is -2.13. The fourth-order valence-electron chi connectivity index (χ4n) is 2.39. The molecule has 0 saturated carbocycles. The molecular weight excluding hydrogens is 320 g/mol. The maximum Gasteiger partial charge on any atom is 0.336 e. The fraction of sp³-hybridized carbons (Fsp3) is 0.350. The molecule has 0 unspecified atom stereocenters. The van der Waals surface area contributed by atoms with E-state index in [1.165, 1.54) is 13.2 Å². The SMILES string of the molecule is C=C(C)[C@H](O)Cc1c(OC)cc(OCC=C(C)C)c2ccc(=O)oc12. The third-order valence-corrected chi connectivity index (χ3v) is 3.85. The lowest BCUT2D eigenvalue weighted by Gasteiger charge is -2.17. The smallest absolute Gasteiger partial charge is 0.336 e. The Morgan fingerprint density at radius 3 is 2.64 bits per heavy atom. The van der Waals surface area contributed by atoms with Gasteiger partial charge >= 0.3 is 5.63 Å². The highest BCUT2D eigenvalue weighted by Gasteiger charge is 2.19. The molecule has 0 radical (unpaired) electrons. The second-order valence-electron chi connectivity index (χ2n) is 6.21. The monoisotopic (exact) mass is 344 g/mol. The van der Waals surface area contributed by atoms with Crippen molar-refractivity contribution in [3.63, 3.8) is 0 Å². The molecule has 1 N–H and O–H groups in total. The van der Waals surface area contributed by atoms with E-state index in [4.69, 9.17) is 13.9 Å². The van der Waals surface area contributed by atoms with Gasteiger partial charge in [0.1, 0.15) is 23.7 Å². The van der Waals surface area contributed by atoms with Crippen molar-refractivity contribution in [1.29, 1.82) is 0 Å². The highest BCUT2D eigenvalue weighted by Crippen LogP contribution is 2.36. The Balaban J connectivity index is 2.60. The number of rotatable bonds is 7. The van der Waals surface area contributed by atoms with Crippen molar-refractivity contribution >= 4 is 11.0 Å². The number of hydrogen-bond acceptors (Lipinski definition) is 5. The third-order valence-electron chi connectivity index (χ3n) is 3.85. The zero-order valence-electron chi connectivity index (χ0n) is 15.1. The average Bonchev–Trinajstić information content (AvgIpc) is 2.55. The summed E-state index contributed by atoms with van der Waals surface area (Å²) in [6.07, 6.45) is 1.42. The number of hydrogen-bond donors (Lipinski definition) is 1. The first kappa shape index (κ1) is 18.8. The Hall–Kier alpha value is -2.53. The van der Waals surface area contributed by atoms with Crippen LogP contribution in [0.15, 0.2) is 51.2 Å². The first-order valence-corrected chi connectivity index (χ1v) is 8.06. The van der Waals surface area contributed by atoms with E-state index in [0.717, 1.165) is 5.57 Å². The van der Waals surface area contributed by atoms with Crippen LogP contribution in [0.25, 0.3) is 11.0 Å². The Morgan fingerprint density at radius 1 is 1.32 bits per heavy atom. The second-order valence-corrected chi connectivity index (χ2v) is 6.21. The Kier molecular flexibility index (Phi) is 6.04. The first-order chi connectivity index (χ1) is 11.8. The molecule has 25 heavy (non-hydrogen) atoms. The van der Waals surface area contributed by atoms with Crippen LogP contribution in [0.1, 0.15) is 26.3 Å². The molecule has 1 heterocycles. The summed E-state index contributed by atoms with van der Waals surface area (Å²) in [5.41, 5.74) is 2.27. The minimum Gasteiger partial charge on any atom is -0.496 e. The quantitative estimate of drug-likeness (QED) is 0.614.